The molecular weight excluding hydrogens is 200 g/mol. The Labute approximate surface area is 84.4 Å². The highest BCUT2D eigenvalue weighted by Gasteiger charge is 2.22. The topological polar surface area (TPSA) is 71.4 Å². The second-order valence-electron chi connectivity index (χ2n) is 2.71. The molecular formula is C10H3F2N3. The summed E-state index contributed by atoms with van der Waals surface area (Å²) in [5.41, 5.74) is -2.16. The Bertz CT molecular complexity index is 515. The summed E-state index contributed by atoms with van der Waals surface area (Å²) in [6.45, 7) is 1.10. The summed E-state index contributed by atoms with van der Waals surface area (Å²) in [6, 6.07) is 4.33. The zero-order valence-corrected chi connectivity index (χ0v) is 7.60. The van der Waals surface area contributed by atoms with E-state index in [1.807, 2.05) is 0 Å². The molecule has 1 rings (SSSR count). The highest BCUT2D eigenvalue weighted by atomic mass is 19.1. The van der Waals surface area contributed by atoms with Crippen LogP contribution in [0.5, 0.6) is 0 Å². The van der Waals surface area contributed by atoms with Crippen LogP contribution in [-0.4, -0.2) is 0 Å². The molecule has 0 aliphatic carbocycles. The molecule has 0 aliphatic heterocycles. The van der Waals surface area contributed by atoms with E-state index in [-0.39, 0.29) is 0 Å². The van der Waals surface area contributed by atoms with Crippen molar-refractivity contribution in [3.63, 3.8) is 0 Å². The van der Waals surface area contributed by atoms with Gasteiger partial charge in [-0.05, 0) is 6.92 Å². The van der Waals surface area contributed by atoms with Crippen molar-refractivity contribution >= 4 is 0 Å². The molecule has 1 aromatic carbocycles. The summed E-state index contributed by atoms with van der Waals surface area (Å²) in [7, 11) is 0. The van der Waals surface area contributed by atoms with Gasteiger partial charge in [0.2, 0.25) is 0 Å². The van der Waals surface area contributed by atoms with Crippen molar-refractivity contribution in [2.75, 3.05) is 0 Å². The van der Waals surface area contributed by atoms with Crippen LogP contribution in [0.4, 0.5) is 8.78 Å². The van der Waals surface area contributed by atoms with Gasteiger partial charge in [0.25, 0.3) is 0 Å². The maximum absolute atomic E-state index is 13.3. The van der Waals surface area contributed by atoms with Crippen LogP contribution in [0.2, 0.25) is 0 Å². The lowest BCUT2D eigenvalue weighted by molar-refractivity contribution is 0.562. The quantitative estimate of drug-likeness (QED) is 0.646. The van der Waals surface area contributed by atoms with E-state index in [9.17, 15) is 8.78 Å². The first-order chi connectivity index (χ1) is 7.08. The van der Waals surface area contributed by atoms with Gasteiger partial charge in [0.15, 0.2) is 0 Å². The molecule has 0 spiro atoms. The summed E-state index contributed by atoms with van der Waals surface area (Å²) in [5.74, 6) is -2.18. The van der Waals surface area contributed by atoms with Crippen LogP contribution in [0, 0.1) is 52.6 Å². The van der Waals surface area contributed by atoms with Crippen LogP contribution in [-0.2, 0) is 0 Å². The van der Waals surface area contributed by atoms with E-state index in [2.05, 4.69) is 0 Å². The Balaban J connectivity index is 3.90. The van der Waals surface area contributed by atoms with Crippen molar-refractivity contribution in [1.82, 2.24) is 0 Å². The predicted octanol–water partition coefficient (Wildman–Crippen LogP) is 1.89. The second-order valence-corrected chi connectivity index (χ2v) is 2.71. The SMILES string of the molecule is Cc1c(F)c(C#N)c(C#N)c(C#N)c1F. The van der Waals surface area contributed by atoms with Crippen molar-refractivity contribution in [3.8, 4) is 18.2 Å². The number of halogens is 2. The fourth-order valence-electron chi connectivity index (χ4n) is 1.14. The van der Waals surface area contributed by atoms with Crippen LogP contribution in [0.1, 0.15) is 22.3 Å². The third-order valence-electron chi connectivity index (χ3n) is 1.93. The molecule has 3 nitrogen and oxygen atoms in total. The molecule has 0 unspecified atom stereocenters. The van der Waals surface area contributed by atoms with Crippen LogP contribution < -0.4 is 0 Å². The molecule has 15 heavy (non-hydrogen) atoms. The summed E-state index contributed by atoms with van der Waals surface area (Å²) < 4.78 is 26.6. The maximum Gasteiger partial charge on any atom is 0.148 e. The first-order valence-corrected chi connectivity index (χ1v) is 3.80. The van der Waals surface area contributed by atoms with E-state index in [1.54, 1.807) is 0 Å². The molecule has 0 radical (unpaired) electrons. The summed E-state index contributed by atoms with van der Waals surface area (Å²) in [4.78, 5) is 0. The van der Waals surface area contributed by atoms with Gasteiger partial charge in [-0.2, -0.15) is 15.8 Å². The second kappa shape index (κ2) is 3.74. The maximum atomic E-state index is 13.3. The van der Waals surface area contributed by atoms with Crippen LogP contribution in [0.25, 0.3) is 0 Å². The number of nitrogens with zero attached hydrogens (tertiary/aromatic N) is 3. The lowest BCUT2D eigenvalue weighted by atomic mass is 9.98. The number of rotatable bonds is 0. The lowest BCUT2D eigenvalue weighted by Crippen LogP contribution is -2.02. The first-order valence-electron chi connectivity index (χ1n) is 3.80. The number of benzene rings is 1. The van der Waals surface area contributed by atoms with Gasteiger partial charge in [-0.1, -0.05) is 0 Å². The van der Waals surface area contributed by atoms with Gasteiger partial charge < -0.3 is 0 Å². The van der Waals surface area contributed by atoms with Crippen molar-refractivity contribution in [2.24, 2.45) is 0 Å². The van der Waals surface area contributed by atoms with Crippen LogP contribution in [0.15, 0.2) is 0 Å². The highest BCUT2D eigenvalue weighted by Crippen LogP contribution is 2.24. The summed E-state index contributed by atoms with van der Waals surface area (Å²) in [6.07, 6.45) is 0. The lowest BCUT2D eigenvalue weighted by Gasteiger charge is -2.05. The molecule has 0 N–H and O–H groups in total. The minimum atomic E-state index is -1.09. The zero-order valence-electron chi connectivity index (χ0n) is 7.60. The summed E-state index contributed by atoms with van der Waals surface area (Å²) >= 11 is 0. The Kier molecular flexibility index (Phi) is 2.65. The van der Waals surface area contributed by atoms with Gasteiger partial charge in [0, 0.05) is 5.56 Å². The Morgan fingerprint density at radius 2 is 1.13 bits per heavy atom. The molecule has 0 aromatic heterocycles. The minimum Gasteiger partial charge on any atom is -0.205 e. The summed E-state index contributed by atoms with van der Waals surface area (Å²) in [5, 5.41) is 25.8. The van der Waals surface area contributed by atoms with Gasteiger partial charge in [0.05, 0.1) is 5.56 Å². The Hall–Kier alpha value is -2.45. The van der Waals surface area contributed by atoms with E-state index in [0.29, 0.717) is 0 Å². The fourth-order valence-corrected chi connectivity index (χ4v) is 1.14. The molecule has 0 aliphatic rings. The largest absolute Gasteiger partial charge is 0.205 e. The molecule has 0 atom stereocenters. The molecule has 5 heteroatoms. The van der Waals surface area contributed by atoms with E-state index in [0.717, 1.165) is 6.92 Å². The van der Waals surface area contributed by atoms with Gasteiger partial charge in [-0.15, -0.1) is 0 Å². The number of hydrogen-bond donors (Lipinski definition) is 0. The van der Waals surface area contributed by atoms with Crippen molar-refractivity contribution < 1.29 is 8.78 Å². The van der Waals surface area contributed by atoms with Crippen LogP contribution >= 0.6 is 0 Å². The Morgan fingerprint density at radius 1 is 0.800 bits per heavy atom. The van der Waals surface area contributed by atoms with Gasteiger partial charge in [-0.3, -0.25) is 0 Å². The predicted molar refractivity (Wildman–Crippen MR) is 45.2 cm³/mol. The minimum absolute atomic E-state index is 0.429. The number of hydrogen-bond acceptors (Lipinski definition) is 3. The van der Waals surface area contributed by atoms with Gasteiger partial charge >= 0.3 is 0 Å². The third-order valence-corrected chi connectivity index (χ3v) is 1.93. The van der Waals surface area contributed by atoms with Gasteiger partial charge in [-0.25, -0.2) is 8.78 Å². The smallest absolute Gasteiger partial charge is 0.148 e. The Morgan fingerprint density at radius 3 is 1.40 bits per heavy atom. The molecule has 0 bridgehead atoms. The van der Waals surface area contributed by atoms with Gasteiger partial charge in [0.1, 0.15) is 41.0 Å². The van der Waals surface area contributed by atoms with E-state index in [1.165, 1.54) is 18.2 Å². The monoisotopic (exact) mass is 203 g/mol. The molecule has 0 fully saturated rings. The van der Waals surface area contributed by atoms with Crippen molar-refractivity contribution in [2.45, 2.75) is 6.92 Å². The average Bonchev–Trinajstić information content (AvgIpc) is 2.25. The standard InChI is InChI=1S/C10H3F2N3/c1-5-9(11)7(3-14)6(2-13)8(4-15)10(5)12/h1H3. The zero-order chi connectivity index (χ0) is 11.6. The van der Waals surface area contributed by atoms with E-state index >= 15 is 0 Å². The van der Waals surface area contributed by atoms with E-state index in [4.69, 9.17) is 15.8 Å². The molecule has 0 saturated heterocycles. The van der Waals surface area contributed by atoms with E-state index < -0.39 is 33.9 Å². The number of nitriles is 3. The van der Waals surface area contributed by atoms with Crippen molar-refractivity contribution in [1.29, 1.82) is 15.8 Å². The molecule has 1 aromatic rings. The molecule has 0 amide bonds. The molecule has 72 valence electrons. The molecule has 0 saturated carbocycles. The third kappa shape index (κ3) is 1.39. The normalized spacial score (nSPS) is 8.80. The first kappa shape index (κ1) is 10.6. The highest BCUT2D eigenvalue weighted by molar-refractivity contribution is 5.58. The molecule has 0 heterocycles. The van der Waals surface area contributed by atoms with Crippen LogP contribution in [0.3, 0.4) is 0 Å². The fraction of sp³-hybridized carbons (Fsp3) is 0.100. The average molecular weight is 203 g/mol. The van der Waals surface area contributed by atoms with Crippen molar-refractivity contribution in [3.05, 3.63) is 33.9 Å².